The third-order valence-electron chi connectivity index (χ3n) is 5.11. The molecule has 3 heteroatoms. The highest BCUT2D eigenvalue weighted by Gasteiger charge is 2.37. The minimum Gasteiger partial charge on any atom is -0.392 e. The molecule has 1 aliphatic heterocycles. The molecule has 2 N–H and O–H groups in total. The highest BCUT2D eigenvalue weighted by atomic mass is 16.3. The lowest BCUT2D eigenvalue weighted by Gasteiger charge is -2.41. The molecule has 2 atom stereocenters. The highest BCUT2D eigenvalue weighted by molar-refractivity contribution is 4.91. The Bertz CT molecular complexity index is 274. The topological polar surface area (TPSA) is 35.5 Å². The van der Waals surface area contributed by atoms with Crippen molar-refractivity contribution in [3.05, 3.63) is 0 Å². The van der Waals surface area contributed by atoms with Crippen LogP contribution in [0.15, 0.2) is 0 Å². The zero-order chi connectivity index (χ0) is 13.9. The van der Waals surface area contributed by atoms with Crippen molar-refractivity contribution in [2.24, 2.45) is 11.3 Å². The Labute approximate surface area is 118 Å². The average Bonchev–Trinajstić information content (AvgIpc) is 2.81. The minimum absolute atomic E-state index is 0.120. The molecule has 2 aliphatic rings. The first-order chi connectivity index (χ1) is 9.01. The van der Waals surface area contributed by atoms with E-state index in [4.69, 9.17) is 0 Å². The van der Waals surface area contributed by atoms with Crippen LogP contribution in [0.25, 0.3) is 0 Å². The van der Waals surface area contributed by atoms with Crippen LogP contribution in [-0.4, -0.2) is 48.3 Å². The van der Waals surface area contributed by atoms with Crippen molar-refractivity contribution in [2.75, 3.05) is 26.2 Å². The maximum atomic E-state index is 10.1. The molecule has 0 spiro atoms. The number of nitrogens with one attached hydrogen (secondary N) is 1. The van der Waals surface area contributed by atoms with Crippen molar-refractivity contribution in [3.8, 4) is 0 Å². The second-order valence-corrected chi connectivity index (χ2v) is 7.31. The summed E-state index contributed by atoms with van der Waals surface area (Å²) in [7, 11) is 0. The molecule has 19 heavy (non-hydrogen) atoms. The van der Waals surface area contributed by atoms with Crippen LogP contribution in [0.1, 0.15) is 52.9 Å². The number of β-amino-alcohol motifs (C(OH)–C–C–N with tert-alkyl or cyclic N) is 1. The second-order valence-electron chi connectivity index (χ2n) is 7.31. The van der Waals surface area contributed by atoms with E-state index in [0.29, 0.717) is 17.4 Å². The van der Waals surface area contributed by atoms with Crippen LogP contribution >= 0.6 is 0 Å². The van der Waals surface area contributed by atoms with Crippen LogP contribution in [0, 0.1) is 11.3 Å². The van der Waals surface area contributed by atoms with Crippen molar-refractivity contribution in [2.45, 2.75) is 65.0 Å². The number of nitrogens with zero attached hydrogens (tertiary/aromatic N) is 1. The van der Waals surface area contributed by atoms with E-state index in [2.05, 4.69) is 31.0 Å². The van der Waals surface area contributed by atoms with Gasteiger partial charge < -0.3 is 15.3 Å². The van der Waals surface area contributed by atoms with Gasteiger partial charge in [-0.1, -0.05) is 33.6 Å². The van der Waals surface area contributed by atoms with Crippen LogP contribution in [0.2, 0.25) is 0 Å². The summed E-state index contributed by atoms with van der Waals surface area (Å²) < 4.78 is 0. The lowest BCUT2D eigenvalue weighted by atomic mass is 9.84. The maximum Gasteiger partial charge on any atom is 0.0693 e. The number of rotatable bonds is 5. The van der Waals surface area contributed by atoms with E-state index in [0.717, 1.165) is 19.5 Å². The van der Waals surface area contributed by atoms with Gasteiger partial charge in [0.25, 0.3) is 0 Å². The molecule has 0 radical (unpaired) electrons. The van der Waals surface area contributed by atoms with E-state index < -0.39 is 0 Å². The van der Waals surface area contributed by atoms with Crippen LogP contribution in [-0.2, 0) is 0 Å². The monoisotopic (exact) mass is 268 g/mol. The predicted molar refractivity (Wildman–Crippen MR) is 80.3 cm³/mol. The van der Waals surface area contributed by atoms with Gasteiger partial charge in [-0.2, -0.15) is 0 Å². The Morgan fingerprint density at radius 1 is 1.32 bits per heavy atom. The quantitative estimate of drug-likeness (QED) is 0.803. The fourth-order valence-electron chi connectivity index (χ4n) is 3.67. The molecule has 112 valence electrons. The molecule has 1 saturated carbocycles. The van der Waals surface area contributed by atoms with Gasteiger partial charge in [-0.3, -0.25) is 0 Å². The second kappa shape index (κ2) is 6.55. The molecule has 2 fully saturated rings. The summed E-state index contributed by atoms with van der Waals surface area (Å²) in [6, 6.07) is 0.574. The lowest BCUT2D eigenvalue weighted by molar-refractivity contribution is 0.00998. The van der Waals surface area contributed by atoms with Gasteiger partial charge in [-0.05, 0) is 37.1 Å². The summed E-state index contributed by atoms with van der Waals surface area (Å²) in [4.78, 5) is 2.51. The predicted octanol–water partition coefficient (Wildman–Crippen LogP) is 2.25. The van der Waals surface area contributed by atoms with Crippen molar-refractivity contribution in [3.63, 3.8) is 0 Å². The summed E-state index contributed by atoms with van der Waals surface area (Å²) in [5.74, 6) is 0.476. The normalized spacial score (nSPS) is 32.1. The Morgan fingerprint density at radius 3 is 2.58 bits per heavy atom. The molecule has 1 saturated heterocycles. The zero-order valence-electron chi connectivity index (χ0n) is 13.0. The van der Waals surface area contributed by atoms with Gasteiger partial charge in [-0.25, -0.2) is 0 Å². The van der Waals surface area contributed by atoms with Crippen molar-refractivity contribution in [1.29, 1.82) is 0 Å². The first-order valence-electron chi connectivity index (χ1n) is 8.15. The van der Waals surface area contributed by atoms with Crippen molar-refractivity contribution in [1.82, 2.24) is 10.2 Å². The third kappa shape index (κ3) is 4.17. The molecule has 0 amide bonds. The molecule has 0 aromatic heterocycles. The number of hydrogen-bond donors (Lipinski definition) is 2. The van der Waals surface area contributed by atoms with Crippen molar-refractivity contribution < 1.29 is 5.11 Å². The molecule has 1 heterocycles. The molecular weight excluding hydrogens is 236 g/mol. The van der Waals surface area contributed by atoms with Gasteiger partial charge in [0.2, 0.25) is 0 Å². The Morgan fingerprint density at radius 2 is 2.00 bits per heavy atom. The van der Waals surface area contributed by atoms with E-state index >= 15 is 0 Å². The average molecular weight is 268 g/mol. The van der Waals surface area contributed by atoms with E-state index in [1.807, 2.05) is 0 Å². The van der Waals surface area contributed by atoms with Gasteiger partial charge in [-0.15, -0.1) is 0 Å². The fourth-order valence-corrected chi connectivity index (χ4v) is 3.67. The third-order valence-corrected chi connectivity index (χ3v) is 5.11. The number of likely N-dealkylation sites (tertiary alicyclic amines) is 1. The lowest BCUT2D eigenvalue weighted by Crippen LogP contribution is -2.50. The largest absolute Gasteiger partial charge is 0.392 e. The zero-order valence-corrected chi connectivity index (χ0v) is 13.0. The molecule has 0 bridgehead atoms. The molecule has 2 rings (SSSR count). The molecule has 3 nitrogen and oxygen atoms in total. The van der Waals surface area contributed by atoms with Crippen molar-refractivity contribution >= 4 is 0 Å². The summed E-state index contributed by atoms with van der Waals surface area (Å²) >= 11 is 0. The van der Waals surface area contributed by atoms with Crippen LogP contribution in [0.3, 0.4) is 0 Å². The molecule has 1 aliphatic carbocycles. The van der Waals surface area contributed by atoms with E-state index in [9.17, 15) is 5.11 Å². The smallest absolute Gasteiger partial charge is 0.0693 e. The maximum absolute atomic E-state index is 10.1. The SMILES string of the molecule is CC(C)NCC1(CN2CCC(C)C(O)C2)CCCC1. The van der Waals surface area contributed by atoms with Gasteiger partial charge in [0.05, 0.1) is 6.10 Å². The Kier molecular flexibility index (Phi) is 5.27. The molecular formula is C16H32N2O. The fraction of sp³-hybridized carbons (Fsp3) is 1.00. The summed E-state index contributed by atoms with van der Waals surface area (Å²) in [6.07, 6.45) is 6.50. The van der Waals surface area contributed by atoms with E-state index in [-0.39, 0.29) is 6.10 Å². The number of aliphatic hydroxyl groups excluding tert-OH is 1. The number of hydrogen-bond acceptors (Lipinski definition) is 3. The summed E-state index contributed by atoms with van der Waals surface area (Å²) in [6.45, 7) is 11.0. The number of piperidine rings is 1. The van der Waals surface area contributed by atoms with E-state index in [1.165, 1.54) is 38.8 Å². The van der Waals surface area contributed by atoms with Gasteiger partial charge in [0, 0.05) is 25.7 Å². The first-order valence-corrected chi connectivity index (χ1v) is 8.15. The Hall–Kier alpha value is -0.120. The molecule has 0 aromatic carbocycles. The van der Waals surface area contributed by atoms with Crippen LogP contribution in [0.5, 0.6) is 0 Å². The standard InChI is InChI=1S/C16H32N2O/c1-13(2)17-11-16(7-4-5-8-16)12-18-9-6-14(3)15(19)10-18/h13-15,17,19H,4-12H2,1-3H3. The minimum atomic E-state index is -0.120. The highest BCUT2D eigenvalue weighted by Crippen LogP contribution is 2.39. The molecule has 2 unspecified atom stereocenters. The Balaban J connectivity index is 1.89. The molecule has 0 aromatic rings. The van der Waals surface area contributed by atoms with Crippen LogP contribution in [0.4, 0.5) is 0 Å². The van der Waals surface area contributed by atoms with Gasteiger partial charge in [0.15, 0.2) is 0 Å². The van der Waals surface area contributed by atoms with E-state index in [1.54, 1.807) is 0 Å². The first kappa shape index (κ1) is 15.3. The van der Waals surface area contributed by atoms with Crippen LogP contribution < -0.4 is 5.32 Å². The van der Waals surface area contributed by atoms with Gasteiger partial charge >= 0.3 is 0 Å². The number of aliphatic hydroxyl groups is 1. The van der Waals surface area contributed by atoms with Gasteiger partial charge in [0.1, 0.15) is 0 Å². The summed E-state index contributed by atoms with van der Waals surface area (Å²) in [5, 5.41) is 13.7. The summed E-state index contributed by atoms with van der Waals surface area (Å²) in [5.41, 5.74) is 0.463.